The van der Waals surface area contributed by atoms with Crippen molar-refractivity contribution in [2.75, 3.05) is 6.61 Å². The molecule has 0 aromatic rings. The van der Waals surface area contributed by atoms with Crippen LogP contribution in [0.15, 0.2) is 0 Å². The van der Waals surface area contributed by atoms with Gasteiger partial charge >= 0.3 is 0 Å². The zero-order valence-electron chi connectivity index (χ0n) is 16.7. The SMILES string of the molecule is C[Si](C)(C)OCC1OC1CCCCCCCCC(=O)O[Si](C)(C)C. The second kappa shape index (κ2) is 10.1. The Morgan fingerprint density at radius 2 is 1.42 bits per heavy atom. The van der Waals surface area contributed by atoms with E-state index in [0.717, 1.165) is 19.4 Å². The quantitative estimate of drug-likeness (QED) is 0.255. The topological polar surface area (TPSA) is 48.1 Å². The fourth-order valence-corrected chi connectivity index (χ4v) is 4.08. The molecular formula is C18H38O4Si2. The van der Waals surface area contributed by atoms with E-state index in [0.29, 0.717) is 18.6 Å². The van der Waals surface area contributed by atoms with E-state index in [4.69, 9.17) is 13.6 Å². The smallest absolute Gasteiger partial charge is 0.292 e. The van der Waals surface area contributed by atoms with Crippen molar-refractivity contribution in [3.63, 3.8) is 0 Å². The minimum atomic E-state index is -1.70. The Morgan fingerprint density at radius 1 is 0.833 bits per heavy atom. The van der Waals surface area contributed by atoms with Crippen LogP contribution in [0.2, 0.25) is 39.3 Å². The molecule has 0 aromatic carbocycles. The Balaban J connectivity index is 1.86. The van der Waals surface area contributed by atoms with Crippen molar-refractivity contribution < 1.29 is 18.4 Å². The van der Waals surface area contributed by atoms with E-state index in [9.17, 15) is 4.79 Å². The van der Waals surface area contributed by atoms with Crippen LogP contribution in [-0.2, 0) is 18.4 Å². The molecule has 4 nitrogen and oxygen atoms in total. The Kier molecular flexibility index (Phi) is 9.19. The molecule has 0 spiro atoms. The van der Waals surface area contributed by atoms with Gasteiger partial charge in [0.15, 0.2) is 8.32 Å². The monoisotopic (exact) mass is 374 g/mol. The van der Waals surface area contributed by atoms with Gasteiger partial charge in [0.25, 0.3) is 5.97 Å². The normalized spacial score (nSPS) is 20.9. The largest absolute Gasteiger partial charge is 0.520 e. The van der Waals surface area contributed by atoms with Gasteiger partial charge in [-0.1, -0.05) is 32.1 Å². The lowest BCUT2D eigenvalue weighted by Crippen LogP contribution is -2.28. The molecule has 1 rings (SSSR count). The number of carbonyl (C=O) groups excluding carboxylic acids is 1. The second-order valence-electron chi connectivity index (χ2n) is 8.88. The fraction of sp³-hybridized carbons (Fsp3) is 0.944. The van der Waals surface area contributed by atoms with Crippen LogP contribution in [0.5, 0.6) is 0 Å². The van der Waals surface area contributed by atoms with E-state index in [1.807, 2.05) is 0 Å². The number of ether oxygens (including phenoxy) is 1. The van der Waals surface area contributed by atoms with Crippen LogP contribution in [0.3, 0.4) is 0 Å². The molecule has 24 heavy (non-hydrogen) atoms. The average Bonchev–Trinajstić information content (AvgIpc) is 3.15. The molecule has 1 aliphatic heterocycles. The molecule has 142 valence electrons. The van der Waals surface area contributed by atoms with Crippen molar-refractivity contribution in [3.05, 3.63) is 0 Å². The van der Waals surface area contributed by atoms with Crippen molar-refractivity contribution >= 4 is 22.6 Å². The summed E-state index contributed by atoms with van der Waals surface area (Å²) in [6.07, 6.45) is 9.62. The third kappa shape index (κ3) is 12.2. The van der Waals surface area contributed by atoms with Crippen molar-refractivity contribution in [3.8, 4) is 0 Å². The molecule has 1 fully saturated rings. The number of hydrogen-bond donors (Lipinski definition) is 0. The van der Waals surface area contributed by atoms with E-state index < -0.39 is 16.6 Å². The van der Waals surface area contributed by atoms with Crippen LogP contribution in [0.4, 0.5) is 0 Å². The summed E-state index contributed by atoms with van der Waals surface area (Å²) in [7, 11) is -3.10. The molecule has 0 saturated carbocycles. The Labute approximate surface area is 150 Å². The third-order valence-electron chi connectivity index (χ3n) is 3.91. The van der Waals surface area contributed by atoms with E-state index in [1.165, 1.54) is 32.1 Å². The minimum Gasteiger partial charge on any atom is -0.520 e. The average molecular weight is 375 g/mol. The number of unbranched alkanes of at least 4 members (excludes halogenated alkanes) is 5. The minimum absolute atomic E-state index is 0.00775. The first-order chi connectivity index (χ1) is 11.1. The van der Waals surface area contributed by atoms with Crippen LogP contribution in [0.1, 0.15) is 51.4 Å². The first-order valence-electron chi connectivity index (χ1n) is 9.58. The van der Waals surface area contributed by atoms with Gasteiger partial charge in [0.1, 0.15) is 6.10 Å². The van der Waals surface area contributed by atoms with Crippen LogP contribution >= 0.6 is 0 Å². The molecule has 0 aromatic heterocycles. The van der Waals surface area contributed by atoms with Crippen LogP contribution in [-0.4, -0.2) is 41.4 Å². The highest BCUT2D eigenvalue weighted by Crippen LogP contribution is 2.28. The Bertz CT molecular complexity index is 374. The van der Waals surface area contributed by atoms with Gasteiger partial charge in [0.05, 0.1) is 12.7 Å². The predicted octanol–water partition coefficient (Wildman–Crippen LogP) is 5.10. The van der Waals surface area contributed by atoms with E-state index in [1.54, 1.807) is 0 Å². The maximum atomic E-state index is 11.6. The van der Waals surface area contributed by atoms with Gasteiger partial charge in [-0.25, -0.2) is 0 Å². The van der Waals surface area contributed by atoms with Crippen molar-refractivity contribution in [2.24, 2.45) is 0 Å². The highest BCUT2D eigenvalue weighted by molar-refractivity contribution is 6.71. The summed E-state index contributed by atoms with van der Waals surface area (Å²) in [5.74, 6) is -0.00775. The van der Waals surface area contributed by atoms with Gasteiger partial charge in [-0.3, -0.25) is 4.79 Å². The van der Waals surface area contributed by atoms with Gasteiger partial charge in [-0.05, 0) is 52.1 Å². The third-order valence-corrected chi connectivity index (χ3v) is 5.78. The summed E-state index contributed by atoms with van der Waals surface area (Å²) in [6, 6.07) is 0. The molecular weight excluding hydrogens is 336 g/mol. The molecule has 1 aliphatic rings. The summed E-state index contributed by atoms with van der Waals surface area (Å²) >= 11 is 0. The lowest BCUT2D eigenvalue weighted by atomic mass is 10.1. The molecule has 0 N–H and O–H groups in total. The van der Waals surface area contributed by atoms with Crippen molar-refractivity contribution in [2.45, 2.75) is 103 Å². The van der Waals surface area contributed by atoms with Gasteiger partial charge < -0.3 is 13.6 Å². The van der Waals surface area contributed by atoms with Crippen molar-refractivity contribution in [1.82, 2.24) is 0 Å². The molecule has 2 unspecified atom stereocenters. The number of hydrogen-bond acceptors (Lipinski definition) is 4. The maximum Gasteiger partial charge on any atom is 0.292 e. The first-order valence-corrected chi connectivity index (χ1v) is 16.4. The van der Waals surface area contributed by atoms with Crippen LogP contribution < -0.4 is 0 Å². The molecule has 0 radical (unpaired) electrons. The van der Waals surface area contributed by atoms with E-state index >= 15 is 0 Å². The summed E-state index contributed by atoms with van der Waals surface area (Å²) in [4.78, 5) is 11.6. The number of epoxide rings is 1. The second-order valence-corrected chi connectivity index (χ2v) is 17.8. The molecule has 0 amide bonds. The highest BCUT2D eigenvalue weighted by atomic mass is 28.4. The molecule has 0 aliphatic carbocycles. The summed E-state index contributed by atoms with van der Waals surface area (Å²) < 4.78 is 17.0. The lowest BCUT2D eigenvalue weighted by Gasteiger charge is -2.17. The summed E-state index contributed by atoms with van der Waals surface area (Å²) in [6.45, 7) is 13.6. The van der Waals surface area contributed by atoms with E-state index in [-0.39, 0.29) is 5.97 Å². The Morgan fingerprint density at radius 3 is 2.00 bits per heavy atom. The Hall–Kier alpha value is -0.176. The summed E-state index contributed by atoms with van der Waals surface area (Å²) in [5, 5.41) is 0. The molecule has 1 heterocycles. The van der Waals surface area contributed by atoms with E-state index in [2.05, 4.69) is 39.3 Å². The van der Waals surface area contributed by atoms with Gasteiger partial charge in [0.2, 0.25) is 8.32 Å². The number of rotatable bonds is 13. The van der Waals surface area contributed by atoms with Gasteiger partial charge in [-0.15, -0.1) is 0 Å². The van der Waals surface area contributed by atoms with Crippen LogP contribution in [0, 0.1) is 0 Å². The standard InChI is InChI=1S/C18H38O4Si2/c1-23(2,3)20-15-17-16(21-17)13-11-9-7-8-10-12-14-18(19)22-24(4,5)6/h16-17H,7-15H2,1-6H3. The molecule has 1 saturated heterocycles. The lowest BCUT2D eigenvalue weighted by molar-refractivity contribution is -0.135. The van der Waals surface area contributed by atoms with Gasteiger partial charge in [0, 0.05) is 6.42 Å². The molecule has 0 bridgehead atoms. The zero-order valence-corrected chi connectivity index (χ0v) is 18.7. The fourth-order valence-electron chi connectivity index (χ4n) is 2.63. The predicted molar refractivity (Wildman–Crippen MR) is 104 cm³/mol. The highest BCUT2D eigenvalue weighted by Gasteiger charge is 2.38. The molecule has 6 heteroatoms. The summed E-state index contributed by atoms with van der Waals surface area (Å²) in [5.41, 5.74) is 0. The van der Waals surface area contributed by atoms with Gasteiger partial charge in [-0.2, -0.15) is 0 Å². The molecule has 2 atom stereocenters. The zero-order chi connectivity index (χ0) is 18.2. The van der Waals surface area contributed by atoms with Crippen LogP contribution in [0.25, 0.3) is 0 Å². The van der Waals surface area contributed by atoms with Crippen molar-refractivity contribution in [1.29, 1.82) is 0 Å². The maximum absolute atomic E-state index is 11.6. The number of carbonyl (C=O) groups is 1. The first kappa shape index (κ1) is 21.9.